The van der Waals surface area contributed by atoms with Crippen molar-refractivity contribution in [3.63, 3.8) is 0 Å². The third-order valence-electron chi connectivity index (χ3n) is 1.39. The van der Waals surface area contributed by atoms with E-state index < -0.39 is 6.09 Å². The second-order valence-electron chi connectivity index (χ2n) is 3.21. The zero-order chi connectivity index (χ0) is 10.6. The van der Waals surface area contributed by atoms with E-state index in [1.165, 1.54) is 0 Å². The summed E-state index contributed by atoms with van der Waals surface area (Å²) in [5.74, 6) is 0.492. The fourth-order valence-corrected chi connectivity index (χ4v) is 0.858. The lowest BCUT2D eigenvalue weighted by Crippen LogP contribution is -2.30. The van der Waals surface area contributed by atoms with E-state index in [0.717, 1.165) is 0 Å². The highest BCUT2D eigenvalue weighted by atomic mass is 16.5. The number of nitrogens with one attached hydrogen (secondary N) is 1. The SMILES string of the molecule is CC(C)NC(=O)OCc1ncn(C)n1. The van der Waals surface area contributed by atoms with Crippen LogP contribution in [0, 0.1) is 0 Å². The molecule has 0 spiro atoms. The molecular weight excluding hydrogens is 184 g/mol. The Morgan fingerprint density at radius 3 is 2.93 bits per heavy atom. The van der Waals surface area contributed by atoms with Gasteiger partial charge in [-0.25, -0.2) is 9.78 Å². The fourth-order valence-electron chi connectivity index (χ4n) is 0.858. The number of hydrogen-bond donors (Lipinski definition) is 1. The fraction of sp³-hybridized carbons (Fsp3) is 0.625. The average Bonchev–Trinajstić information content (AvgIpc) is 2.47. The molecule has 0 aliphatic carbocycles. The summed E-state index contributed by atoms with van der Waals surface area (Å²) in [6.07, 6.45) is 1.10. The topological polar surface area (TPSA) is 69.0 Å². The van der Waals surface area contributed by atoms with E-state index in [9.17, 15) is 4.79 Å². The molecule has 0 radical (unpaired) electrons. The number of amides is 1. The Morgan fingerprint density at radius 1 is 1.71 bits per heavy atom. The van der Waals surface area contributed by atoms with Crippen LogP contribution >= 0.6 is 0 Å². The lowest BCUT2D eigenvalue weighted by molar-refractivity contribution is 0.134. The maximum Gasteiger partial charge on any atom is 0.407 e. The number of nitrogens with zero attached hydrogens (tertiary/aromatic N) is 3. The van der Waals surface area contributed by atoms with Crippen LogP contribution in [0.5, 0.6) is 0 Å². The first-order valence-corrected chi connectivity index (χ1v) is 4.35. The van der Waals surface area contributed by atoms with Crippen LogP contribution in [0.1, 0.15) is 19.7 Å². The van der Waals surface area contributed by atoms with E-state index in [0.29, 0.717) is 5.82 Å². The van der Waals surface area contributed by atoms with Gasteiger partial charge in [-0.2, -0.15) is 5.10 Å². The van der Waals surface area contributed by atoms with E-state index in [-0.39, 0.29) is 12.6 Å². The molecule has 1 amide bonds. The minimum atomic E-state index is -0.451. The van der Waals surface area contributed by atoms with Gasteiger partial charge in [-0.3, -0.25) is 4.68 Å². The van der Waals surface area contributed by atoms with Gasteiger partial charge in [-0.1, -0.05) is 0 Å². The first-order valence-electron chi connectivity index (χ1n) is 4.35. The Kier molecular flexibility index (Phi) is 3.44. The minimum Gasteiger partial charge on any atom is -0.441 e. The Labute approximate surface area is 82.3 Å². The molecule has 0 aromatic carbocycles. The molecule has 78 valence electrons. The zero-order valence-electron chi connectivity index (χ0n) is 8.52. The smallest absolute Gasteiger partial charge is 0.407 e. The molecule has 14 heavy (non-hydrogen) atoms. The van der Waals surface area contributed by atoms with E-state index in [2.05, 4.69) is 15.4 Å². The van der Waals surface area contributed by atoms with Crippen LogP contribution in [0.3, 0.4) is 0 Å². The molecule has 1 rings (SSSR count). The zero-order valence-corrected chi connectivity index (χ0v) is 8.52. The highest BCUT2D eigenvalue weighted by molar-refractivity contribution is 5.67. The number of aromatic nitrogens is 3. The summed E-state index contributed by atoms with van der Waals surface area (Å²) < 4.78 is 6.42. The van der Waals surface area contributed by atoms with Crippen LogP contribution in [-0.2, 0) is 18.4 Å². The maximum atomic E-state index is 11.0. The first kappa shape index (κ1) is 10.5. The lowest BCUT2D eigenvalue weighted by atomic mass is 10.4. The van der Waals surface area contributed by atoms with Gasteiger partial charge in [0.15, 0.2) is 12.4 Å². The summed E-state index contributed by atoms with van der Waals surface area (Å²) in [5.41, 5.74) is 0. The lowest BCUT2D eigenvalue weighted by Gasteiger charge is -2.07. The van der Waals surface area contributed by atoms with Crippen LogP contribution < -0.4 is 5.32 Å². The van der Waals surface area contributed by atoms with Crippen molar-refractivity contribution in [3.8, 4) is 0 Å². The van der Waals surface area contributed by atoms with Gasteiger partial charge in [0.1, 0.15) is 6.33 Å². The van der Waals surface area contributed by atoms with E-state index >= 15 is 0 Å². The largest absolute Gasteiger partial charge is 0.441 e. The third kappa shape index (κ3) is 3.42. The van der Waals surface area contributed by atoms with Gasteiger partial charge in [0.2, 0.25) is 0 Å². The molecule has 0 atom stereocenters. The third-order valence-corrected chi connectivity index (χ3v) is 1.39. The van der Waals surface area contributed by atoms with Gasteiger partial charge >= 0.3 is 6.09 Å². The quantitative estimate of drug-likeness (QED) is 0.765. The molecule has 1 heterocycles. The van der Waals surface area contributed by atoms with Crippen LogP contribution in [0.2, 0.25) is 0 Å². The van der Waals surface area contributed by atoms with Gasteiger partial charge < -0.3 is 10.1 Å². The number of aryl methyl sites for hydroxylation is 1. The van der Waals surface area contributed by atoms with Gasteiger partial charge in [0.05, 0.1) is 0 Å². The van der Waals surface area contributed by atoms with Gasteiger partial charge in [0.25, 0.3) is 0 Å². The molecule has 0 saturated heterocycles. The summed E-state index contributed by atoms with van der Waals surface area (Å²) in [5, 5.41) is 6.56. The molecule has 0 aliphatic heterocycles. The van der Waals surface area contributed by atoms with E-state index in [1.807, 2.05) is 13.8 Å². The monoisotopic (exact) mass is 198 g/mol. The number of rotatable bonds is 3. The number of carbonyl (C=O) groups is 1. The second-order valence-corrected chi connectivity index (χ2v) is 3.21. The standard InChI is InChI=1S/C8H14N4O2/c1-6(2)10-8(13)14-4-7-9-5-12(3)11-7/h5-6H,4H2,1-3H3,(H,10,13). The average molecular weight is 198 g/mol. The second kappa shape index (κ2) is 4.59. The Morgan fingerprint density at radius 2 is 2.43 bits per heavy atom. The van der Waals surface area contributed by atoms with Crippen molar-refractivity contribution >= 4 is 6.09 Å². The van der Waals surface area contributed by atoms with Gasteiger partial charge in [0, 0.05) is 13.1 Å². The first-order chi connectivity index (χ1) is 6.58. The van der Waals surface area contributed by atoms with Crippen molar-refractivity contribution in [1.82, 2.24) is 20.1 Å². The summed E-state index contributed by atoms with van der Waals surface area (Å²) in [6.45, 7) is 3.82. The molecule has 0 unspecified atom stereocenters. The highest BCUT2D eigenvalue weighted by Crippen LogP contribution is 1.92. The minimum absolute atomic E-state index is 0.0687. The molecular formula is C8H14N4O2. The van der Waals surface area contributed by atoms with Crippen LogP contribution in [0.15, 0.2) is 6.33 Å². The Hall–Kier alpha value is -1.59. The van der Waals surface area contributed by atoms with Crippen LogP contribution in [0.4, 0.5) is 4.79 Å². The van der Waals surface area contributed by atoms with Crippen LogP contribution in [0.25, 0.3) is 0 Å². The number of carbonyl (C=O) groups excluding carboxylic acids is 1. The predicted octanol–water partition coefficient (Wildman–Crippen LogP) is 0.450. The maximum absolute atomic E-state index is 11.0. The van der Waals surface area contributed by atoms with E-state index in [1.54, 1.807) is 18.1 Å². The summed E-state index contributed by atoms with van der Waals surface area (Å²) in [7, 11) is 1.75. The summed E-state index contributed by atoms with van der Waals surface area (Å²) >= 11 is 0. The van der Waals surface area contributed by atoms with E-state index in [4.69, 9.17) is 4.74 Å². The number of ether oxygens (including phenoxy) is 1. The van der Waals surface area contributed by atoms with Crippen molar-refractivity contribution in [2.24, 2.45) is 7.05 Å². The molecule has 6 nitrogen and oxygen atoms in total. The Balaban J connectivity index is 2.30. The van der Waals surface area contributed by atoms with Crippen LogP contribution in [-0.4, -0.2) is 26.9 Å². The molecule has 6 heteroatoms. The molecule has 1 aromatic rings. The molecule has 1 N–H and O–H groups in total. The molecule has 0 aliphatic rings. The molecule has 0 saturated carbocycles. The van der Waals surface area contributed by atoms with Gasteiger partial charge in [-0.05, 0) is 13.8 Å². The van der Waals surface area contributed by atoms with Crippen molar-refractivity contribution in [3.05, 3.63) is 12.2 Å². The molecule has 0 bridgehead atoms. The summed E-state index contributed by atoms with van der Waals surface area (Å²) in [6, 6.07) is 0.0687. The van der Waals surface area contributed by atoms with Crippen molar-refractivity contribution in [2.45, 2.75) is 26.5 Å². The molecule has 0 fully saturated rings. The highest BCUT2D eigenvalue weighted by Gasteiger charge is 2.05. The number of hydrogen-bond acceptors (Lipinski definition) is 4. The molecule has 1 aromatic heterocycles. The summed E-state index contributed by atoms with van der Waals surface area (Å²) in [4.78, 5) is 15.0. The Bertz CT molecular complexity index is 308. The van der Waals surface area contributed by atoms with Crippen molar-refractivity contribution in [1.29, 1.82) is 0 Å². The van der Waals surface area contributed by atoms with Crippen molar-refractivity contribution in [2.75, 3.05) is 0 Å². The van der Waals surface area contributed by atoms with Gasteiger partial charge in [-0.15, -0.1) is 0 Å². The number of alkyl carbamates (subject to hydrolysis) is 1. The van der Waals surface area contributed by atoms with Crippen molar-refractivity contribution < 1.29 is 9.53 Å². The normalized spacial score (nSPS) is 10.3. The predicted molar refractivity (Wildman–Crippen MR) is 49.5 cm³/mol.